The van der Waals surface area contributed by atoms with Crippen molar-refractivity contribution in [1.29, 1.82) is 0 Å². The summed E-state index contributed by atoms with van der Waals surface area (Å²) in [5.74, 6) is 0.0841. The van der Waals surface area contributed by atoms with E-state index in [0.717, 1.165) is 5.56 Å². The highest BCUT2D eigenvalue weighted by Gasteiger charge is 2.22. The fourth-order valence-electron chi connectivity index (χ4n) is 2.03. The van der Waals surface area contributed by atoms with Crippen molar-refractivity contribution in [3.05, 3.63) is 47.5 Å². The lowest BCUT2D eigenvalue weighted by Crippen LogP contribution is -2.24. The maximum absolute atomic E-state index is 12.3. The van der Waals surface area contributed by atoms with E-state index < -0.39 is 0 Å². The summed E-state index contributed by atoms with van der Waals surface area (Å²) in [7, 11) is 0. The lowest BCUT2D eigenvalue weighted by Gasteiger charge is -2.16. The van der Waals surface area contributed by atoms with Gasteiger partial charge in [-0.1, -0.05) is 30.7 Å². The first kappa shape index (κ1) is 13.7. The van der Waals surface area contributed by atoms with Crippen LogP contribution in [0.1, 0.15) is 25.5 Å². The number of carbonyl (C=O) groups excluding carboxylic acids is 1. The van der Waals surface area contributed by atoms with Crippen LogP contribution in [0, 0.1) is 5.92 Å². The third-order valence-corrected chi connectivity index (χ3v) is 3.44. The molecule has 1 aromatic carbocycles. The van der Waals surface area contributed by atoms with Gasteiger partial charge in [-0.25, -0.2) is 9.67 Å². The predicted molar refractivity (Wildman–Crippen MR) is 74.1 cm³/mol. The molecule has 0 aliphatic rings. The Morgan fingerprint density at radius 2 is 2.00 bits per heavy atom. The zero-order valence-electron chi connectivity index (χ0n) is 11.0. The number of ketones is 1. The third-order valence-electron chi connectivity index (χ3n) is 3.19. The van der Waals surface area contributed by atoms with Gasteiger partial charge in [0.15, 0.2) is 5.78 Å². The van der Waals surface area contributed by atoms with Crippen LogP contribution >= 0.6 is 11.6 Å². The highest BCUT2D eigenvalue weighted by Crippen LogP contribution is 2.18. The van der Waals surface area contributed by atoms with E-state index in [-0.39, 0.29) is 17.7 Å². The summed E-state index contributed by atoms with van der Waals surface area (Å²) in [4.78, 5) is 16.2. The molecule has 5 heteroatoms. The summed E-state index contributed by atoms with van der Waals surface area (Å²) in [6.45, 7) is 3.78. The SMILES string of the molecule is CC(Cc1ccc(Cl)cc1)C(=O)C(C)n1cncn1. The molecule has 0 radical (unpaired) electrons. The molecule has 4 nitrogen and oxygen atoms in total. The standard InChI is InChI=1S/C14H16ClN3O/c1-10(7-12-3-5-13(15)6-4-12)14(19)11(2)18-9-16-8-17-18/h3-6,8-11H,7H2,1-2H3. The molecule has 100 valence electrons. The van der Waals surface area contributed by atoms with E-state index in [1.54, 1.807) is 11.0 Å². The smallest absolute Gasteiger partial charge is 0.160 e. The molecule has 2 aromatic rings. The number of hydrogen-bond acceptors (Lipinski definition) is 3. The van der Waals surface area contributed by atoms with Crippen molar-refractivity contribution in [2.24, 2.45) is 5.92 Å². The van der Waals surface area contributed by atoms with E-state index in [9.17, 15) is 4.79 Å². The Labute approximate surface area is 117 Å². The van der Waals surface area contributed by atoms with Gasteiger partial charge in [0.2, 0.25) is 0 Å². The maximum atomic E-state index is 12.3. The van der Waals surface area contributed by atoms with Crippen LogP contribution in [0.4, 0.5) is 0 Å². The van der Waals surface area contributed by atoms with Gasteiger partial charge >= 0.3 is 0 Å². The Morgan fingerprint density at radius 1 is 1.32 bits per heavy atom. The molecule has 0 aliphatic heterocycles. The van der Waals surface area contributed by atoms with Crippen LogP contribution in [0.15, 0.2) is 36.9 Å². The van der Waals surface area contributed by atoms with Crippen molar-refractivity contribution >= 4 is 17.4 Å². The van der Waals surface area contributed by atoms with E-state index in [4.69, 9.17) is 11.6 Å². The molecule has 2 rings (SSSR count). The van der Waals surface area contributed by atoms with Crippen LogP contribution in [0.2, 0.25) is 5.02 Å². The summed E-state index contributed by atoms with van der Waals surface area (Å²) in [5.41, 5.74) is 1.11. The Morgan fingerprint density at radius 3 is 2.58 bits per heavy atom. The maximum Gasteiger partial charge on any atom is 0.160 e. The van der Waals surface area contributed by atoms with Gasteiger partial charge in [-0.3, -0.25) is 4.79 Å². The van der Waals surface area contributed by atoms with Gasteiger partial charge in [0.1, 0.15) is 18.7 Å². The second-order valence-electron chi connectivity index (χ2n) is 4.69. The molecule has 0 saturated carbocycles. The zero-order chi connectivity index (χ0) is 13.8. The Kier molecular flexibility index (Phi) is 4.32. The monoisotopic (exact) mass is 277 g/mol. The lowest BCUT2D eigenvalue weighted by molar-refractivity contribution is -0.125. The molecular formula is C14H16ClN3O. The number of carbonyl (C=O) groups is 1. The van der Waals surface area contributed by atoms with Gasteiger partial charge in [-0.15, -0.1) is 0 Å². The molecule has 1 heterocycles. The summed E-state index contributed by atoms with van der Waals surface area (Å²) in [6.07, 6.45) is 3.71. The fraction of sp³-hybridized carbons (Fsp3) is 0.357. The van der Waals surface area contributed by atoms with Gasteiger partial charge < -0.3 is 0 Å². The van der Waals surface area contributed by atoms with Crippen molar-refractivity contribution in [3.63, 3.8) is 0 Å². The summed E-state index contributed by atoms with van der Waals surface area (Å²) in [6, 6.07) is 7.30. The summed E-state index contributed by atoms with van der Waals surface area (Å²) >= 11 is 5.84. The molecular weight excluding hydrogens is 262 g/mol. The molecule has 1 aromatic heterocycles. The zero-order valence-corrected chi connectivity index (χ0v) is 11.7. The summed E-state index contributed by atoms with van der Waals surface area (Å²) in [5, 5.41) is 4.71. The fourth-order valence-corrected chi connectivity index (χ4v) is 2.16. The van der Waals surface area contributed by atoms with Crippen LogP contribution < -0.4 is 0 Å². The average Bonchev–Trinajstić information content (AvgIpc) is 2.93. The minimum Gasteiger partial charge on any atom is -0.297 e. The first-order valence-electron chi connectivity index (χ1n) is 6.20. The molecule has 0 bridgehead atoms. The molecule has 0 aliphatic carbocycles. The van der Waals surface area contributed by atoms with Crippen LogP contribution in [0.3, 0.4) is 0 Å². The van der Waals surface area contributed by atoms with E-state index in [2.05, 4.69) is 10.1 Å². The third kappa shape index (κ3) is 3.41. The molecule has 0 saturated heterocycles. The molecule has 0 N–H and O–H groups in total. The second kappa shape index (κ2) is 5.97. The highest BCUT2D eigenvalue weighted by atomic mass is 35.5. The highest BCUT2D eigenvalue weighted by molar-refractivity contribution is 6.30. The number of rotatable bonds is 5. The van der Waals surface area contributed by atoms with Gasteiger partial charge in [0.25, 0.3) is 0 Å². The number of nitrogens with zero attached hydrogens (tertiary/aromatic N) is 3. The van der Waals surface area contributed by atoms with Crippen molar-refractivity contribution in [2.45, 2.75) is 26.3 Å². The van der Waals surface area contributed by atoms with E-state index in [0.29, 0.717) is 11.4 Å². The average molecular weight is 278 g/mol. The quantitative estimate of drug-likeness (QED) is 0.844. The van der Waals surface area contributed by atoms with Crippen LogP contribution in [-0.2, 0) is 11.2 Å². The topological polar surface area (TPSA) is 47.8 Å². The first-order chi connectivity index (χ1) is 9.08. The molecule has 0 amide bonds. The number of Topliss-reactive ketones (excluding diaryl/α,β-unsaturated/α-hetero) is 1. The largest absolute Gasteiger partial charge is 0.297 e. The van der Waals surface area contributed by atoms with E-state index >= 15 is 0 Å². The Hall–Kier alpha value is -1.68. The van der Waals surface area contributed by atoms with Gasteiger partial charge in [-0.05, 0) is 31.0 Å². The van der Waals surface area contributed by atoms with Crippen molar-refractivity contribution in [3.8, 4) is 0 Å². The van der Waals surface area contributed by atoms with Gasteiger partial charge in [0, 0.05) is 10.9 Å². The van der Waals surface area contributed by atoms with E-state index in [1.807, 2.05) is 38.1 Å². The molecule has 19 heavy (non-hydrogen) atoms. The normalized spacial score (nSPS) is 14.1. The van der Waals surface area contributed by atoms with Gasteiger partial charge in [-0.2, -0.15) is 5.10 Å². The summed E-state index contributed by atoms with van der Waals surface area (Å²) < 4.78 is 1.58. The molecule has 2 atom stereocenters. The second-order valence-corrected chi connectivity index (χ2v) is 5.12. The number of benzene rings is 1. The van der Waals surface area contributed by atoms with Crippen molar-refractivity contribution < 1.29 is 4.79 Å². The number of aromatic nitrogens is 3. The van der Waals surface area contributed by atoms with Gasteiger partial charge in [0.05, 0.1) is 0 Å². The molecule has 0 fully saturated rings. The van der Waals surface area contributed by atoms with E-state index in [1.165, 1.54) is 6.33 Å². The van der Waals surface area contributed by atoms with Crippen molar-refractivity contribution in [1.82, 2.24) is 14.8 Å². The van der Waals surface area contributed by atoms with Crippen LogP contribution in [0.5, 0.6) is 0 Å². The van der Waals surface area contributed by atoms with Crippen molar-refractivity contribution in [2.75, 3.05) is 0 Å². The number of hydrogen-bond donors (Lipinski definition) is 0. The van der Waals surface area contributed by atoms with Crippen LogP contribution in [0.25, 0.3) is 0 Å². The minimum atomic E-state index is -0.287. The molecule has 2 unspecified atom stereocenters. The Balaban J connectivity index is 2.01. The van der Waals surface area contributed by atoms with Crippen LogP contribution in [-0.4, -0.2) is 20.5 Å². The molecule has 0 spiro atoms. The Bertz CT molecular complexity index is 536. The predicted octanol–water partition coefficient (Wildman–Crippen LogP) is 2.94. The number of halogens is 1. The first-order valence-corrected chi connectivity index (χ1v) is 6.58. The minimum absolute atomic E-state index is 0.0691. The lowest BCUT2D eigenvalue weighted by atomic mass is 9.94.